The lowest BCUT2D eigenvalue weighted by Crippen LogP contribution is -2.38. The first-order chi connectivity index (χ1) is 10.7. The van der Waals surface area contributed by atoms with Crippen molar-refractivity contribution in [2.24, 2.45) is 4.99 Å². The van der Waals surface area contributed by atoms with Crippen molar-refractivity contribution in [2.75, 3.05) is 38.8 Å². The maximum absolute atomic E-state index is 11.2. The number of guanidine groups is 1. The van der Waals surface area contributed by atoms with Crippen LogP contribution in [0.4, 0.5) is 0 Å². The van der Waals surface area contributed by atoms with E-state index in [9.17, 15) is 4.79 Å². The van der Waals surface area contributed by atoms with Crippen molar-refractivity contribution in [3.05, 3.63) is 0 Å². The molecule has 0 heterocycles. The molecule has 0 aromatic rings. The molecule has 0 atom stereocenters. The summed E-state index contributed by atoms with van der Waals surface area (Å²) in [6, 6.07) is 0. The Morgan fingerprint density at radius 2 is 1.68 bits per heavy atom. The summed E-state index contributed by atoms with van der Waals surface area (Å²) < 4.78 is 4.90. The second kappa shape index (κ2) is 16.5. The van der Waals surface area contributed by atoms with E-state index in [2.05, 4.69) is 21.9 Å². The molecule has 0 saturated heterocycles. The van der Waals surface area contributed by atoms with E-state index < -0.39 is 0 Å². The average Bonchev–Trinajstić information content (AvgIpc) is 2.52. The van der Waals surface area contributed by atoms with Gasteiger partial charge in [0.25, 0.3) is 0 Å². The summed E-state index contributed by atoms with van der Waals surface area (Å²) in [5, 5.41) is 6.65. The molecule has 0 aromatic heterocycles. The number of esters is 1. The predicted molar refractivity (Wildman–Crippen MR) is 96.7 cm³/mol. The van der Waals surface area contributed by atoms with Crippen LogP contribution in [0.2, 0.25) is 0 Å². The number of thioether (sulfide) groups is 1. The summed E-state index contributed by atoms with van der Waals surface area (Å²) >= 11 is 1.89. The Balaban J connectivity index is 3.42. The molecule has 22 heavy (non-hydrogen) atoms. The fourth-order valence-electron chi connectivity index (χ4n) is 1.99. The van der Waals surface area contributed by atoms with Gasteiger partial charge in [-0.05, 0) is 44.6 Å². The molecule has 5 nitrogen and oxygen atoms in total. The van der Waals surface area contributed by atoms with Gasteiger partial charge in [0.15, 0.2) is 5.96 Å². The number of ether oxygens (including phenoxy) is 1. The molecular formula is C16H33N3O2S. The summed E-state index contributed by atoms with van der Waals surface area (Å²) in [6.07, 6.45) is 9.30. The zero-order valence-electron chi connectivity index (χ0n) is 14.5. The van der Waals surface area contributed by atoms with E-state index in [0.29, 0.717) is 13.0 Å². The van der Waals surface area contributed by atoms with E-state index in [0.717, 1.165) is 44.7 Å². The summed E-state index contributed by atoms with van der Waals surface area (Å²) in [5.41, 5.74) is 0. The number of nitrogens with one attached hydrogen (secondary N) is 2. The van der Waals surface area contributed by atoms with Gasteiger partial charge in [-0.3, -0.25) is 9.79 Å². The summed E-state index contributed by atoms with van der Waals surface area (Å²) in [5.74, 6) is 2.03. The second-order valence-electron chi connectivity index (χ2n) is 5.09. The van der Waals surface area contributed by atoms with Crippen LogP contribution in [-0.2, 0) is 9.53 Å². The van der Waals surface area contributed by atoms with Crippen LogP contribution in [-0.4, -0.2) is 50.7 Å². The molecule has 0 unspecified atom stereocenters. The van der Waals surface area contributed by atoms with Gasteiger partial charge < -0.3 is 15.4 Å². The average molecular weight is 332 g/mol. The Kier molecular flexibility index (Phi) is 15.8. The third-order valence-electron chi connectivity index (χ3n) is 3.20. The first-order valence-electron chi connectivity index (χ1n) is 8.33. The number of unbranched alkanes of at least 4 members (excludes halogenated alkanes) is 4. The Hall–Kier alpha value is -0.910. The number of hydrogen-bond acceptors (Lipinski definition) is 4. The van der Waals surface area contributed by atoms with Crippen LogP contribution in [0.15, 0.2) is 4.99 Å². The predicted octanol–water partition coefficient (Wildman–Crippen LogP) is 2.81. The molecule has 6 heteroatoms. The fraction of sp³-hybridized carbons (Fsp3) is 0.875. The van der Waals surface area contributed by atoms with E-state index in [-0.39, 0.29) is 5.97 Å². The highest BCUT2D eigenvalue weighted by Crippen LogP contribution is 2.03. The van der Waals surface area contributed by atoms with Crippen molar-refractivity contribution in [2.45, 2.75) is 51.9 Å². The SMILES string of the molecule is CCOC(=O)CCCCCCNC(=NC)NCCCCSC. The van der Waals surface area contributed by atoms with E-state index in [1.807, 2.05) is 18.7 Å². The highest BCUT2D eigenvalue weighted by atomic mass is 32.2. The standard InChI is InChI=1S/C16H33N3O2S/c1-4-21-15(20)11-7-5-6-8-12-18-16(17-2)19-13-9-10-14-22-3/h4-14H2,1-3H3,(H2,17,18,19). The lowest BCUT2D eigenvalue weighted by atomic mass is 10.1. The first-order valence-corrected chi connectivity index (χ1v) is 9.73. The lowest BCUT2D eigenvalue weighted by Gasteiger charge is -2.11. The molecule has 0 fully saturated rings. The molecule has 0 saturated carbocycles. The molecule has 0 spiro atoms. The normalized spacial score (nSPS) is 11.3. The van der Waals surface area contributed by atoms with Gasteiger partial charge in [-0.25, -0.2) is 0 Å². The smallest absolute Gasteiger partial charge is 0.305 e. The lowest BCUT2D eigenvalue weighted by molar-refractivity contribution is -0.143. The zero-order valence-corrected chi connectivity index (χ0v) is 15.3. The molecule has 0 aromatic carbocycles. The van der Waals surface area contributed by atoms with Gasteiger partial charge in [0, 0.05) is 26.6 Å². The second-order valence-corrected chi connectivity index (χ2v) is 6.08. The molecule has 0 bridgehead atoms. The minimum Gasteiger partial charge on any atom is -0.466 e. The molecular weight excluding hydrogens is 298 g/mol. The Morgan fingerprint density at radius 3 is 2.27 bits per heavy atom. The van der Waals surface area contributed by atoms with E-state index in [1.54, 1.807) is 7.05 Å². The van der Waals surface area contributed by atoms with Crippen molar-refractivity contribution in [3.63, 3.8) is 0 Å². The van der Waals surface area contributed by atoms with Crippen LogP contribution in [0.1, 0.15) is 51.9 Å². The van der Waals surface area contributed by atoms with Crippen molar-refractivity contribution < 1.29 is 9.53 Å². The van der Waals surface area contributed by atoms with Gasteiger partial charge in [0.1, 0.15) is 0 Å². The maximum Gasteiger partial charge on any atom is 0.305 e. The number of carbonyl (C=O) groups excluding carboxylic acids is 1. The van der Waals surface area contributed by atoms with Crippen molar-refractivity contribution in [3.8, 4) is 0 Å². The van der Waals surface area contributed by atoms with Gasteiger partial charge >= 0.3 is 5.97 Å². The summed E-state index contributed by atoms with van der Waals surface area (Å²) in [6.45, 7) is 4.21. The quantitative estimate of drug-likeness (QED) is 0.235. The Morgan fingerprint density at radius 1 is 1.05 bits per heavy atom. The summed E-state index contributed by atoms with van der Waals surface area (Å²) in [4.78, 5) is 15.4. The van der Waals surface area contributed by atoms with Crippen LogP contribution >= 0.6 is 11.8 Å². The third-order valence-corrected chi connectivity index (χ3v) is 3.89. The molecule has 0 radical (unpaired) electrons. The topological polar surface area (TPSA) is 62.7 Å². The van der Waals surface area contributed by atoms with Gasteiger partial charge in [0.05, 0.1) is 6.61 Å². The molecule has 0 aliphatic carbocycles. The maximum atomic E-state index is 11.2. The van der Waals surface area contributed by atoms with E-state index >= 15 is 0 Å². The number of rotatable bonds is 13. The van der Waals surface area contributed by atoms with Crippen LogP contribution in [0, 0.1) is 0 Å². The monoisotopic (exact) mass is 331 g/mol. The zero-order chi connectivity index (χ0) is 16.5. The first kappa shape index (κ1) is 21.1. The number of aliphatic imine (C=N–C) groups is 1. The van der Waals surface area contributed by atoms with E-state index in [4.69, 9.17) is 4.74 Å². The number of carbonyl (C=O) groups is 1. The van der Waals surface area contributed by atoms with Crippen molar-refractivity contribution >= 4 is 23.7 Å². The fourth-order valence-corrected chi connectivity index (χ4v) is 2.48. The van der Waals surface area contributed by atoms with Gasteiger partial charge in [0.2, 0.25) is 0 Å². The van der Waals surface area contributed by atoms with E-state index in [1.165, 1.54) is 18.6 Å². The van der Waals surface area contributed by atoms with Gasteiger partial charge in [-0.15, -0.1) is 0 Å². The highest BCUT2D eigenvalue weighted by Gasteiger charge is 2.01. The van der Waals surface area contributed by atoms with Crippen LogP contribution in [0.3, 0.4) is 0 Å². The van der Waals surface area contributed by atoms with Crippen molar-refractivity contribution in [1.82, 2.24) is 10.6 Å². The minimum atomic E-state index is -0.0771. The van der Waals surface area contributed by atoms with Crippen molar-refractivity contribution in [1.29, 1.82) is 0 Å². The van der Waals surface area contributed by atoms with Crippen LogP contribution < -0.4 is 10.6 Å². The third kappa shape index (κ3) is 14.0. The Bertz CT molecular complexity index is 299. The number of nitrogens with zero attached hydrogens (tertiary/aromatic N) is 1. The number of hydrogen-bond donors (Lipinski definition) is 2. The minimum absolute atomic E-state index is 0.0771. The van der Waals surface area contributed by atoms with Crippen LogP contribution in [0.25, 0.3) is 0 Å². The molecule has 2 N–H and O–H groups in total. The molecule has 0 aliphatic rings. The highest BCUT2D eigenvalue weighted by molar-refractivity contribution is 7.98. The largest absolute Gasteiger partial charge is 0.466 e. The summed E-state index contributed by atoms with van der Waals surface area (Å²) in [7, 11) is 1.80. The molecule has 130 valence electrons. The molecule has 0 aliphatic heterocycles. The molecule has 0 amide bonds. The van der Waals surface area contributed by atoms with Gasteiger partial charge in [-0.2, -0.15) is 11.8 Å². The molecule has 0 rings (SSSR count). The van der Waals surface area contributed by atoms with Gasteiger partial charge in [-0.1, -0.05) is 12.8 Å². The Labute approximate surface area is 140 Å². The van der Waals surface area contributed by atoms with Crippen LogP contribution in [0.5, 0.6) is 0 Å².